The third-order valence-corrected chi connectivity index (χ3v) is 3.69. The minimum atomic E-state index is -0.502. The van der Waals surface area contributed by atoms with Crippen LogP contribution in [0.2, 0.25) is 0 Å². The predicted molar refractivity (Wildman–Crippen MR) is 72.9 cm³/mol. The summed E-state index contributed by atoms with van der Waals surface area (Å²) < 4.78 is 4.65. The van der Waals surface area contributed by atoms with E-state index in [0.29, 0.717) is 21.4 Å². The van der Waals surface area contributed by atoms with E-state index < -0.39 is 5.97 Å². The third-order valence-electron chi connectivity index (χ3n) is 2.39. The summed E-state index contributed by atoms with van der Waals surface area (Å²) in [7, 11) is 3.18. The molecule has 98 valence electrons. The van der Waals surface area contributed by atoms with Crippen LogP contribution in [0.4, 0.5) is 10.7 Å². The summed E-state index contributed by atoms with van der Waals surface area (Å²) in [6.45, 7) is 4.96. The maximum atomic E-state index is 11.5. The highest BCUT2D eigenvalue weighted by molar-refractivity contribution is 7.18. The Morgan fingerprint density at radius 2 is 2.22 bits per heavy atom. The van der Waals surface area contributed by atoms with Crippen LogP contribution < -0.4 is 10.6 Å². The zero-order valence-corrected chi connectivity index (χ0v) is 11.8. The molecule has 5 nitrogen and oxygen atoms in total. The minimum absolute atomic E-state index is 0.208. The Hall–Kier alpha value is -1.74. The second-order valence-electron chi connectivity index (χ2n) is 4.40. The van der Waals surface area contributed by atoms with E-state index in [4.69, 9.17) is 11.0 Å². The molecule has 0 atom stereocenters. The van der Waals surface area contributed by atoms with Crippen molar-refractivity contribution in [2.24, 2.45) is 5.92 Å². The number of nitrogen functional groups attached to an aromatic ring is 1. The monoisotopic (exact) mass is 267 g/mol. The van der Waals surface area contributed by atoms with Gasteiger partial charge in [-0.05, 0) is 5.92 Å². The summed E-state index contributed by atoms with van der Waals surface area (Å²) in [4.78, 5) is 13.8. The Kier molecular flexibility index (Phi) is 4.56. The van der Waals surface area contributed by atoms with E-state index in [0.717, 1.165) is 6.54 Å². The van der Waals surface area contributed by atoms with Gasteiger partial charge in [0.15, 0.2) is 0 Å². The van der Waals surface area contributed by atoms with Crippen molar-refractivity contribution in [2.45, 2.75) is 13.8 Å². The molecule has 18 heavy (non-hydrogen) atoms. The van der Waals surface area contributed by atoms with Crippen LogP contribution in [0.1, 0.15) is 29.1 Å². The van der Waals surface area contributed by atoms with Gasteiger partial charge in [-0.3, -0.25) is 0 Å². The fourth-order valence-corrected chi connectivity index (χ4v) is 2.74. The number of hydrogen-bond donors (Lipinski definition) is 1. The molecule has 0 aromatic carbocycles. The van der Waals surface area contributed by atoms with E-state index in [1.165, 1.54) is 18.4 Å². The van der Waals surface area contributed by atoms with Gasteiger partial charge < -0.3 is 15.4 Å². The van der Waals surface area contributed by atoms with Gasteiger partial charge >= 0.3 is 5.97 Å². The van der Waals surface area contributed by atoms with Crippen LogP contribution in [-0.4, -0.2) is 26.7 Å². The highest BCUT2D eigenvalue weighted by Crippen LogP contribution is 2.37. The average molecular weight is 267 g/mol. The van der Waals surface area contributed by atoms with Crippen molar-refractivity contribution in [3.05, 3.63) is 10.4 Å². The molecule has 2 N–H and O–H groups in total. The average Bonchev–Trinajstić information content (AvgIpc) is 2.64. The van der Waals surface area contributed by atoms with Crippen molar-refractivity contribution < 1.29 is 9.53 Å². The lowest BCUT2D eigenvalue weighted by Gasteiger charge is -2.19. The lowest BCUT2D eigenvalue weighted by atomic mass is 10.2. The molecule has 0 fully saturated rings. The van der Waals surface area contributed by atoms with Crippen LogP contribution in [0, 0.1) is 17.2 Å². The summed E-state index contributed by atoms with van der Waals surface area (Å²) in [5.41, 5.74) is 6.38. The number of anilines is 2. The molecule has 6 heteroatoms. The maximum absolute atomic E-state index is 11.5. The largest absolute Gasteiger partial charge is 0.465 e. The van der Waals surface area contributed by atoms with Crippen LogP contribution in [0.15, 0.2) is 0 Å². The summed E-state index contributed by atoms with van der Waals surface area (Å²) >= 11 is 1.20. The molecule has 0 amide bonds. The van der Waals surface area contributed by atoms with Crippen LogP contribution in [0.25, 0.3) is 0 Å². The molecule has 0 spiro atoms. The summed E-state index contributed by atoms with van der Waals surface area (Å²) in [5.74, 6) is -0.0513. The van der Waals surface area contributed by atoms with Gasteiger partial charge in [0.1, 0.15) is 21.5 Å². The van der Waals surface area contributed by atoms with Crippen molar-refractivity contribution in [1.82, 2.24) is 0 Å². The van der Waals surface area contributed by atoms with Gasteiger partial charge in [0.25, 0.3) is 0 Å². The van der Waals surface area contributed by atoms with E-state index in [9.17, 15) is 4.79 Å². The SMILES string of the molecule is COC(=O)c1sc(N(C)CC(C)C)c(C#N)c1N. The van der Waals surface area contributed by atoms with Crippen molar-refractivity contribution >= 4 is 28.0 Å². The van der Waals surface area contributed by atoms with Crippen molar-refractivity contribution in [2.75, 3.05) is 31.3 Å². The van der Waals surface area contributed by atoms with Gasteiger partial charge in [-0.2, -0.15) is 5.26 Å². The fourth-order valence-electron chi connectivity index (χ4n) is 1.68. The second-order valence-corrected chi connectivity index (χ2v) is 5.40. The first-order chi connectivity index (χ1) is 8.42. The van der Waals surface area contributed by atoms with Crippen LogP contribution in [0.3, 0.4) is 0 Å². The molecule has 0 bridgehead atoms. The smallest absolute Gasteiger partial charge is 0.350 e. The zero-order valence-electron chi connectivity index (χ0n) is 11.0. The number of rotatable bonds is 4. The Bertz CT molecular complexity index is 488. The number of nitriles is 1. The predicted octanol–water partition coefficient (Wildman–Crippen LogP) is 2.08. The van der Waals surface area contributed by atoms with Crippen molar-refractivity contribution in [3.8, 4) is 6.07 Å². The number of thiophene rings is 1. The van der Waals surface area contributed by atoms with Gasteiger partial charge in [-0.15, -0.1) is 11.3 Å². The number of methoxy groups -OCH3 is 1. The highest BCUT2D eigenvalue weighted by atomic mass is 32.1. The lowest BCUT2D eigenvalue weighted by Crippen LogP contribution is -2.22. The number of hydrogen-bond acceptors (Lipinski definition) is 6. The lowest BCUT2D eigenvalue weighted by molar-refractivity contribution is 0.0607. The maximum Gasteiger partial charge on any atom is 0.350 e. The number of carbonyl (C=O) groups is 1. The van der Waals surface area contributed by atoms with Gasteiger partial charge in [0.2, 0.25) is 0 Å². The first-order valence-electron chi connectivity index (χ1n) is 5.54. The molecule has 0 aliphatic carbocycles. The number of esters is 1. The van der Waals surface area contributed by atoms with Crippen LogP contribution in [-0.2, 0) is 4.74 Å². The van der Waals surface area contributed by atoms with Gasteiger partial charge in [-0.1, -0.05) is 13.8 Å². The molecule has 1 heterocycles. The fraction of sp³-hybridized carbons (Fsp3) is 0.500. The molecule has 1 rings (SSSR count). The second kappa shape index (κ2) is 5.74. The molecular formula is C12H17N3O2S. The number of ether oxygens (including phenoxy) is 1. The number of carbonyl (C=O) groups excluding carboxylic acids is 1. The Labute approximate surface area is 111 Å². The molecule has 0 aliphatic rings. The normalized spacial score (nSPS) is 10.2. The number of nitrogens with zero attached hydrogens (tertiary/aromatic N) is 2. The van der Waals surface area contributed by atoms with Crippen LogP contribution in [0.5, 0.6) is 0 Å². The minimum Gasteiger partial charge on any atom is -0.465 e. The van der Waals surface area contributed by atoms with E-state index in [1.807, 2.05) is 11.9 Å². The van der Waals surface area contributed by atoms with E-state index in [-0.39, 0.29) is 5.69 Å². The Balaban J connectivity index is 3.21. The molecular weight excluding hydrogens is 250 g/mol. The summed E-state index contributed by atoms with van der Waals surface area (Å²) in [5, 5.41) is 9.86. The molecule has 0 aliphatic heterocycles. The molecule has 1 aromatic heterocycles. The van der Waals surface area contributed by atoms with E-state index in [2.05, 4.69) is 24.7 Å². The van der Waals surface area contributed by atoms with Crippen molar-refractivity contribution in [3.63, 3.8) is 0 Å². The molecule has 1 aromatic rings. The topological polar surface area (TPSA) is 79.3 Å². The molecule has 0 unspecified atom stereocenters. The van der Waals surface area contributed by atoms with E-state index >= 15 is 0 Å². The van der Waals surface area contributed by atoms with Gasteiger partial charge in [-0.25, -0.2) is 4.79 Å². The zero-order chi connectivity index (χ0) is 13.9. The first kappa shape index (κ1) is 14.3. The van der Waals surface area contributed by atoms with Gasteiger partial charge in [0, 0.05) is 13.6 Å². The molecule has 0 radical (unpaired) electrons. The number of nitrogens with two attached hydrogens (primary N) is 1. The first-order valence-corrected chi connectivity index (χ1v) is 6.35. The van der Waals surface area contributed by atoms with Crippen LogP contribution >= 0.6 is 11.3 Å². The molecule has 0 saturated carbocycles. The van der Waals surface area contributed by atoms with E-state index in [1.54, 1.807) is 0 Å². The Morgan fingerprint density at radius 1 is 1.61 bits per heavy atom. The summed E-state index contributed by atoms with van der Waals surface area (Å²) in [6, 6.07) is 2.05. The summed E-state index contributed by atoms with van der Waals surface area (Å²) in [6.07, 6.45) is 0. The third kappa shape index (κ3) is 2.74. The van der Waals surface area contributed by atoms with Crippen molar-refractivity contribution in [1.29, 1.82) is 5.26 Å². The Morgan fingerprint density at radius 3 is 2.67 bits per heavy atom. The standard InChI is InChI=1S/C12H17N3O2S/c1-7(2)6-15(3)11-8(5-13)9(14)10(18-11)12(16)17-4/h7H,6,14H2,1-4H3. The quantitative estimate of drug-likeness (QED) is 0.845. The molecule has 0 saturated heterocycles. The highest BCUT2D eigenvalue weighted by Gasteiger charge is 2.23. The van der Waals surface area contributed by atoms with Gasteiger partial charge in [0.05, 0.1) is 12.8 Å².